The van der Waals surface area contributed by atoms with Crippen molar-refractivity contribution in [3.05, 3.63) is 61.0 Å². The molecule has 0 aliphatic heterocycles. The number of carboxylic acids is 3. The van der Waals surface area contributed by atoms with Crippen molar-refractivity contribution in [1.82, 2.24) is 0 Å². The molecule has 8 nitrogen and oxygen atoms in total. The third-order valence-corrected chi connectivity index (χ3v) is 7.53. The molecule has 1 amide bonds. The number of carbonyl (C=O) groups is 4. The lowest BCUT2D eigenvalue weighted by Crippen LogP contribution is -2.32. The maximum Gasteiger partial charge on any atom is 0.338 e. The van der Waals surface area contributed by atoms with Crippen molar-refractivity contribution in [3.63, 3.8) is 0 Å². The SMILES string of the molecule is CCc1ccc(NC(=O)c2c(Cl)c(Cl)c(Cl)c(Cl)c2C(=O)O)cc1.O=C(O)[C@H]1CCCC[C@H]1C(=O)O. The highest BCUT2D eigenvalue weighted by atomic mass is 35.5. The summed E-state index contributed by atoms with van der Waals surface area (Å²) >= 11 is 23.7. The highest BCUT2D eigenvalue weighted by molar-refractivity contribution is 6.54. The minimum atomic E-state index is -1.44. The number of nitrogens with one attached hydrogen (secondary N) is 1. The molecular weight excluding hydrogens is 556 g/mol. The standard InChI is InChI=1S/C16H11Cl4NO3.C8H12O4/c1-2-7-3-5-8(6-4-7)21-15(22)9-10(16(23)24)12(18)14(20)13(19)11(9)17;9-7(10)5-3-1-2-4-6(5)8(11)12/h3-6H,2H2,1H3,(H,21,22)(H,23,24);5-6H,1-4H2,(H,9,10)(H,11,12)/t;5-,6+. The molecule has 36 heavy (non-hydrogen) atoms. The number of aromatic carboxylic acids is 1. The summed E-state index contributed by atoms with van der Waals surface area (Å²) in [7, 11) is 0. The number of halogens is 4. The van der Waals surface area contributed by atoms with E-state index in [1.165, 1.54) is 0 Å². The zero-order valence-electron chi connectivity index (χ0n) is 19.0. The Hall–Kier alpha value is -2.52. The van der Waals surface area contributed by atoms with Crippen LogP contribution in [0.25, 0.3) is 0 Å². The van der Waals surface area contributed by atoms with Crippen LogP contribution in [0.5, 0.6) is 0 Å². The van der Waals surface area contributed by atoms with E-state index in [1.54, 1.807) is 12.1 Å². The van der Waals surface area contributed by atoms with Gasteiger partial charge in [0.15, 0.2) is 0 Å². The monoisotopic (exact) mass is 577 g/mol. The summed E-state index contributed by atoms with van der Waals surface area (Å²) in [5.74, 6) is -5.47. The Morgan fingerprint density at radius 1 is 0.778 bits per heavy atom. The number of rotatable bonds is 6. The minimum absolute atomic E-state index is 0.181. The van der Waals surface area contributed by atoms with Crippen LogP contribution in [0.15, 0.2) is 24.3 Å². The molecule has 1 fully saturated rings. The molecule has 0 saturated heterocycles. The van der Waals surface area contributed by atoms with E-state index in [9.17, 15) is 24.3 Å². The first kappa shape index (κ1) is 29.7. The lowest BCUT2D eigenvalue weighted by atomic mass is 9.79. The number of anilines is 1. The van der Waals surface area contributed by atoms with Crippen molar-refractivity contribution >= 4 is 75.9 Å². The van der Waals surface area contributed by atoms with Crippen molar-refractivity contribution < 1.29 is 34.5 Å². The third kappa shape index (κ3) is 7.03. The number of carbonyl (C=O) groups excluding carboxylic acids is 1. The van der Waals surface area contributed by atoms with Crippen LogP contribution in [-0.2, 0) is 16.0 Å². The smallest absolute Gasteiger partial charge is 0.338 e. The maximum absolute atomic E-state index is 12.5. The molecule has 1 saturated carbocycles. The predicted molar refractivity (Wildman–Crippen MR) is 138 cm³/mol. The summed E-state index contributed by atoms with van der Waals surface area (Å²) in [6, 6.07) is 7.09. The number of hydrogen-bond donors (Lipinski definition) is 4. The molecule has 2 aromatic carbocycles. The molecule has 1 aliphatic carbocycles. The molecule has 194 valence electrons. The van der Waals surface area contributed by atoms with E-state index in [0.29, 0.717) is 18.5 Å². The van der Waals surface area contributed by atoms with Crippen LogP contribution in [0.3, 0.4) is 0 Å². The molecule has 3 rings (SSSR count). The molecule has 12 heteroatoms. The van der Waals surface area contributed by atoms with E-state index in [2.05, 4.69) is 5.32 Å². The van der Waals surface area contributed by atoms with Gasteiger partial charge in [0.1, 0.15) is 0 Å². The average Bonchev–Trinajstić information content (AvgIpc) is 2.85. The maximum atomic E-state index is 12.5. The van der Waals surface area contributed by atoms with Crippen LogP contribution in [0.2, 0.25) is 20.1 Å². The van der Waals surface area contributed by atoms with Gasteiger partial charge in [-0.25, -0.2) is 4.79 Å². The van der Waals surface area contributed by atoms with Gasteiger partial charge in [-0.15, -0.1) is 0 Å². The molecule has 0 spiro atoms. The van der Waals surface area contributed by atoms with Gasteiger partial charge in [0.25, 0.3) is 5.91 Å². The molecule has 0 aromatic heterocycles. The zero-order valence-corrected chi connectivity index (χ0v) is 22.0. The molecule has 4 N–H and O–H groups in total. The van der Waals surface area contributed by atoms with Crippen molar-refractivity contribution in [2.75, 3.05) is 5.32 Å². The fraction of sp³-hybridized carbons (Fsp3) is 0.333. The van der Waals surface area contributed by atoms with Crippen LogP contribution in [0.4, 0.5) is 5.69 Å². The van der Waals surface area contributed by atoms with Crippen molar-refractivity contribution in [3.8, 4) is 0 Å². The van der Waals surface area contributed by atoms with E-state index >= 15 is 0 Å². The van der Waals surface area contributed by atoms with Crippen molar-refractivity contribution in [2.45, 2.75) is 39.0 Å². The fourth-order valence-electron chi connectivity index (χ4n) is 3.79. The lowest BCUT2D eigenvalue weighted by molar-refractivity contribution is -0.155. The number of amides is 1. The van der Waals surface area contributed by atoms with Gasteiger partial charge in [-0.3, -0.25) is 14.4 Å². The third-order valence-electron chi connectivity index (χ3n) is 5.73. The molecule has 0 radical (unpaired) electrons. The van der Waals surface area contributed by atoms with Gasteiger partial charge in [-0.2, -0.15) is 0 Å². The van der Waals surface area contributed by atoms with Crippen LogP contribution < -0.4 is 5.32 Å². The summed E-state index contributed by atoms with van der Waals surface area (Å²) in [6.45, 7) is 2.00. The molecule has 2 aromatic rings. The molecular formula is C24H23Cl4NO7. The first-order valence-electron chi connectivity index (χ1n) is 10.9. The summed E-state index contributed by atoms with van der Waals surface area (Å²) in [4.78, 5) is 45.2. The second-order valence-corrected chi connectivity index (χ2v) is 9.50. The van der Waals surface area contributed by atoms with Gasteiger partial charge in [-0.1, -0.05) is 78.3 Å². The first-order valence-corrected chi connectivity index (χ1v) is 12.4. The summed E-state index contributed by atoms with van der Waals surface area (Å²) in [5.41, 5.74) is 0.725. The topological polar surface area (TPSA) is 141 Å². The largest absolute Gasteiger partial charge is 0.481 e. The number of benzene rings is 2. The number of aryl methyl sites for hydroxylation is 1. The highest BCUT2D eigenvalue weighted by Crippen LogP contribution is 2.41. The number of aliphatic carboxylic acids is 2. The van der Waals surface area contributed by atoms with Gasteiger partial charge in [0, 0.05) is 5.69 Å². The normalized spacial score (nSPS) is 16.9. The molecule has 0 bridgehead atoms. The second kappa shape index (κ2) is 13.1. The number of carboxylic acid groups (broad SMARTS) is 3. The Bertz CT molecular complexity index is 1150. The lowest BCUT2D eigenvalue weighted by Gasteiger charge is -2.24. The molecule has 0 unspecified atom stereocenters. The molecule has 2 atom stereocenters. The minimum Gasteiger partial charge on any atom is -0.481 e. The quantitative estimate of drug-likeness (QED) is 0.219. The van der Waals surface area contributed by atoms with Crippen molar-refractivity contribution in [2.24, 2.45) is 11.8 Å². The zero-order chi connectivity index (χ0) is 27.2. The van der Waals surface area contributed by atoms with Crippen LogP contribution >= 0.6 is 46.4 Å². The van der Waals surface area contributed by atoms with Crippen LogP contribution in [0.1, 0.15) is 58.9 Å². The van der Waals surface area contributed by atoms with E-state index < -0.39 is 41.2 Å². The predicted octanol–water partition coefficient (Wildman–Crippen LogP) is 6.78. The Morgan fingerprint density at radius 3 is 1.61 bits per heavy atom. The average molecular weight is 579 g/mol. The highest BCUT2D eigenvalue weighted by Gasteiger charge is 2.35. The van der Waals surface area contributed by atoms with E-state index in [-0.39, 0.29) is 25.7 Å². The van der Waals surface area contributed by atoms with Gasteiger partial charge < -0.3 is 20.6 Å². The Labute approximate surface area is 227 Å². The Balaban J connectivity index is 0.000000319. The summed E-state index contributed by atoms with van der Waals surface area (Å²) < 4.78 is 0. The summed E-state index contributed by atoms with van der Waals surface area (Å²) in [5, 5.41) is 28.3. The van der Waals surface area contributed by atoms with Gasteiger partial charge >= 0.3 is 17.9 Å². The fourth-order valence-corrected chi connectivity index (χ4v) is 4.80. The Kier molecular flexibility index (Phi) is 10.8. The van der Waals surface area contributed by atoms with Crippen LogP contribution in [-0.4, -0.2) is 39.1 Å². The molecule has 0 heterocycles. The van der Waals surface area contributed by atoms with E-state index in [0.717, 1.165) is 24.8 Å². The second-order valence-electron chi connectivity index (χ2n) is 7.99. The number of hydrogen-bond acceptors (Lipinski definition) is 4. The van der Waals surface area contributed by atoms with Gasteiger partial charge in [0.2, 0.25) is 0 Å². The van der Waals surface area contributed by atoms with E-state index in [1.807, 2.05) is 19.1 Å². The first-order chi connectivity index (χ1) is 16.9. The van der Waals surface area contributed by atoms with E-state index in [4.69, 9.17) is 56.6 Å². The molecule has 1 aliphatic rings. The van der Waals surface area contributed by atoms with Gasteiger partial charge in [0.05, 0.1) is 43.1 Å². The van der Waals surface area contributed by atoms with Gasteiger partial charge in [-0.05, 0) is 37.0 Å². The Morgan fingerprint density at radius 2 is 1.22 bits per heavy atom. The van der Waals surface area contributed by atoms with Crippen molar-refractivity contribution in [1.29, 1.82) is 0 Å². The van der Waals surface area contributed by atoms with Crippen LogP contribution in [0, 0.1) is 11.8 Å². The summed E-state index contributed by atoms with van der Waals surface area (Å²) in [6.07, 6.45) is 3.53.